The Kier molecular flexibility index (Phi) is 3.94. The smallest absolute Gasteiger partial charge is 0.336 e. The molecule has 0 fully saturated rings. The molecular weight excluding hydrogens is 216 g/mol. The molecule has 1 aromatic carbocycles. The lowest BCUT2D eigenvalue weighted by Crippen LogP contribution is -2.42. The molecule has 0 aliphatic heterocycles. The first-order chi connectivity index (χ1) is 7.82. The normalized spacial score (nSPS) is 16.3. The number of aryl methyl sites for hydroxylation is 2. The van der Waals surface area contributed by atoms with E-state index in [4.69, 9.17) is 5.11 Å². The minimum atomic E-state index is -1.69. The zero-order chi connectivity index (χ0) is 13.2. The van der Waals surface area contributed by atoms with Gasteiger partial charge in [-0.2, -0.15) is 0 Å². The standard InChI is InChI=1S/C14H20O3/c1-5-14(17,13(15)16)11(4)12-7-6-9(2)10(3)8-12/h6-8,11,17H,5H2,1-4H3,(H,15,16). The van der Waals surface area contributed by atoms with Gasteiger partial charge in [0.2, 0.25) is 0 Å². The number of hydrogen-bond acceptors (Lipinski definition) is 2. The summed E-state index contributed by atoms with van der Waals surface area (Å²) in [6.07, 6.45) is 0.191. The Bertz CT molecular complexity index is 425. The van der Waals surface area contributed by atoms with Crippen molar-refractivity contribution < 1.29 is 15.0 Å². The van der Waals surface area contributed by atoms with Gasteiger partial charge in [0.15, 0.2) is 5.60 Å². The molecule has 0 radical (unpaired) electrons. The summed E-state index contributed by atoms with van der Waals surface area (Å²) >= 11 is 0. The van der Waals surface area contributed by atoms with Gasteiger partial charge in [-0.05, 0) is 37.0 Å². The molecule has 0 bridgehead atoms. The third-order valence-corrected chi connectivity index (χ3v) is 3.66. The van der Waals surface area contributed by atoms with Crippen LogP contribution in [0.4, 0.5) is 0 Å². The molecule has 17 heavy (non-hydrogen) atoms. The first kappa shape index (κ1) is 13.7. The molecule has 3 heteroatoms. The summed E-state index contributed by atoms with van der Waals surface area (Å²) in [7, 11) is 0. The van der Waals surface area contributed by atoms with Crippen molar-refractivity contribution in [3.05, 3.63) is 34.9 Å². The van der Waals surface area contributed by atoms with E-state index in [1.807, 2.05) is 32.0 Å². The summed E-state index contributed by atoms with van der Waals surface area (Å²) in [5.41, 5.74) is 1.44. The summed E-state index contributed by atoms with van der Waals surface area (Å²) in [4.78, 5) is 11.2. The molecule has 2 atom stereocenters. The number of aliphatic carboxylic acids is 1. The topological polar surface area (TPSA) is 57.5 Å². The molecule has 2 unspecified atom stereocenters. The Balaban J connectivity index is 3.14. The molecule has 0 aromatic heterocycles. The molecule has 2 N–H and O–H groups in total. The predicted molar refractivity (Wildman–Crippen MR) is 67.2 cm³/mol. The lowest BCUT2D eigenvalue weighted by Gasteiger charge is -2.29. The maximum atomic E-state index is 11.2. The fourth-order valence-electron chi connectivity index (χ4n) is 1.95. The van der Waals surface area contributed by atoms with Crippen molar-refractivity contribution in [2.75, 3.05) is 0 Å². The van der Waals surface area contributed by atoms with Crippen LogP contribution in [0.2, 0.25) is 0 Å². The number of hydrogen-bond donors (Lipinski definition) is 2. The van der Waals surface area contributed by atoms with Crippen LogP contribution in [-0.2, 0) is 4.79 Å². The van der Waals surface area contributed by atoms with Crippen molar-refractivity contribution in [1.82, 2.24) is 0 Å². The van der Waals surface area contributed by atoms with E-state index in [2.05, 4.69) is 0 Å². The second-order valence-electron chi connectivity index (χ2n) is 4.65. The van der Waals surface area contributed by atoms with Crippen LogP contribution in [0.25, 0.3) is 0 Å². The summed E-state index contributed by atoms with van der Waals surface area (Å²) in [6, 6.07) is 5.79. The van der Waals surface area contributed by atoms with E-state index in [1.165, 1.54) is 0 Å². The van der Waals surface area contributed by atoms with E-state index in [-0.39, 0.29) is 6.42 Å². The van der Waals surface area contributed by atoms with Crippen LogP contribution in [-0.4, -0.2) is 21.8 Å². The van der Waals surface area contributed by atoms with E-state index < -0.39 is 17.5 Å². The monoisotopic (exact) mass is 236 g/mol. The van der Waals surface area contributed by atoms with E-state index >= 15 is 0 Å². The minimum absolute atomic E-state index is 0.191. The van der Waals surface area contributed by atoms with Crippen molar-refractivity contribution in [3.8, 4) is 0 Å². The summed E-state index contributed by atoms with van der Waals surface area (Å²) < 4.78 is 0. The number of rotatable bonds is 4. The highest BCUT2D eigenvalue weighted by atomic mass is 16.4. The molecule has 0 aliphatic carbocycles. The molecule has 1 aromatic rings. The third kappa shape index (κ3) is 2.50. The van der Waals surface area contributed by atoms with Crippen LogP contribution in [0.5, 0.6) is 0 Å². The summed E-state index contributed by atoms with van der Waals surface area (Å²) in [5.74, 6) is -1.59. The van der Waals surface area contributed by atoms with Crippen LogP contribution in [0.15, 0.2) is 18.2 Å². The SMILES string of the molecule is CCC(O)(C(=O)O)C(C)c1ccc(C)c(C)c1. The van der Waals surface area contributed by atoms with Gasteiger partial charge in [-0.15, -0.1) is 0 Å². The first-order valence-corrected chi connectivity index (χ1v) is 5.85. The van der Waals surface area contributed by atoms with E-state index in [0.29, 0.717) is 0 Å². The van der Waals surface area contributed by atoms with Gasteiger partial charge in [0.05, 0.1) is 0 Å². The molecule has 0 amide bonds. The van der Waals surface area contributed by atoms with Crippen LogP contribution >= 0.6 is 0 Å². The maximum Gasteiger partial charge on any atom is 0.336 e. The van der Waals surface area contributed by atoms with Crippen LogP contribution < -0.4 is 0 Å². The van der Waals surface area contributed by atoms with Crippen molar-refractivity contribution >= 4 is 5.97 Å². The lowest BCUT2D eigenvalue weighted by atomic mass is 9.81. The number of carboxylic acid groups (broad SMARTS) is 1. The predicted octanol–water partition coefficient (Wildman–Crippen LogP) is 2.63. The number of aliphatic hydroxyl groups is 1. The Morgan fingerprint density at radius 1 is 1.35 bits per heavy atom. The molecule has 0 spiro atoms. The van der Waals surface area contributed by atoms with E-state index in [0.717, 1.165) is 16.7 Å². The second kappa shape index (κ2) is 4.88. The van der Waals surface area contributed by atoms with Gasteiger partial charge >= 0.3 is 5.97 Å². The van der Waals surface area contributed by atoms with Gasteiger partial charge in [-0.1, -0.05) is 32.0 Å². The van der Waals surface area contributed by atoms with Crippen molar-refractivity contribution in [1.29, 1.82) is 0 Å². The average molecular weight is 236 g/mol. The van der Waals surface area contributed by atoms with Crippen molar-refractivity contribution in [2.24, 2.45) is 0 Å². The molecule has 3 nitrogen and oxygen atoms in total. The zero-order valence-electron chi connectivity index (χ0n) is 10.8. The maximum absolute atomic E-state index is 11.2. The molecule has 0 aliphatic rings. The van der Waals surface area contributed by atoms with Gasteiger partial charge in [-0.3, -0.25) is 0 Å². The fraction of sp³-hybridized carbons (Fsp3) is 0.500. The fourth-order valence-corrected chi connectivity index (χ4v) is 1.95. The highest BCUT2D eigenvalue weighted by Crippen LogP contribution is 2.32. The van der Waals surface area contributed by atoms with Gasteiger partial charge in [-0.25, -0.2) is 4.79 Å². The first-order valence-electron chi connectivity index (χ1n) is 5.85. The van der Waals surface area contributed by atoms with Crippen molar-refractivity contribution in [3.63, 3.8) is 0 Å². The van der Waals surface area contributed by atoms with Crippen LogP contribution in [0.1, 0.15) is 42.9 Å². The van der Waals surface area contributed by atoms with Gasteiger partial charge in [0.25, 0.3) is 0 Å². The number of benzene rings is 1. The van der Waals surface area contributed by atoms with Gasteiger partial charge in [0, 0.05) is 5.92 Å². The summed E-state index contributed by atoms with van der Waals surface area (Å²) in [6.45, 7) is 7.43. The van der Waals surface area contributed by atoms with Gasteiger partial charge in [0.1, 0.15) is 0 Å². The Morgan fingerprint density at radius 3 is 2.35 bits per heavy atom. The lowest BCUT2D eigenvalue weighted by molar-refractivity contribution is -0.161. The highest BCUT2D eigenvalue weighted by Gasteiger charge is 2.40. The largest absolute Gasteiger partial charge is 0.479 e. The molecule has 94 valence electrons. The van der Waals surface area contributed by atoms with E-state index in [1.54, 1.807) is 13.8 Å². The van der Waals surface area contributed by atoms with E-state index in [9.17, 15) is 9.90 Å². The third-order valence-electron chi connectivity index (χ3n) is 3.66. The summed E-state index contributed by atoms with van der Waals surface area (Å²) in [5, 5.41) is 19.3. The average Bonchev–Trinajstić information content (AvgIpc) is 2.30. The Hall–Kier alpha value is -1.35. The number of carbonyl (C=O) groups is 1. The van der Waals surface area contributed by atoms with Crippen LogP contribution in [0, 0.1) is 13.8 Å². The Labute approximate surface area is 102 Å². The minimum Gasteiger partial charge on any atom is -0.479 e. The molecule has 1 rings (SSSR count). The second-order valence-corrected chi connectivity index (χ2v) is 4.65. The molecular formula is C14H20O3. The zero-order valence-corrected chi connectivity index (χ0v) is 10.8. The van der Waals surface area contributed by atoms with Gasteiger partial charge < -0.3 is 10.2 Å². The highest BCUT2D eigenvalue weighted by molar-refractivity contribution is 5.78. The Morgan fingerprint density at radius 2 is 1.94 bits per heavy atom. The quantitative estimate of drug-likeness (QED) is 0.845. The van der Waals surface area contributed by atoms with Crippen LogP contribution in [0.3, 0.4) is 0 Å². The molecule has 0 saturated heterocycles. The number of carboxylic acids is 1. The molecule has 0 saturated carbocycles. The molecule has 0 heterocycles. The van der Waals surface area contributed by atoms with Crippen molar-refractivity contribution in [2.45, 2.75) is 45.6 Å².